The van der Waals surface area contributed by atoms with Crippen LogP contribution in [-0.4, -0.2) is 23.9 Å². The Kier molecular flexibility index (Phi) is 5.33. The van der Waals surface area contributed by atoms with E-state index in [2.05, 4.69) is 37.6 Å². The summed E-state index contributed by atoms with van der Waals surface area (Å²) in [5.74, 6) is 0. The smallest absolute Gasteiger partial charge is 0.292 e. The van der Waals surface area contributed by atoms with Crippen molar-refractivity contribution in [3.05, 3.63) is 54.7 Å². The molecule has 0 amide bonds. The number of nitro groups is 1. The molecule has 2 aromatic rings. The van der Waals surface area contributed by atoms with Gasteiger partial charge in [-0.05, 0) is 51.6 Å². The maximum Gasteiger partial charge on any atom is 0.292 e. The first-order valence-corrected chi connectivity index (χ1v) is 8.03. The highest BCUT2D eigenvalue weighted by atomic mass is 79.9. The number of anilines is 1. The number of benzene rings is 1. The molecule has 0 aliphatic carbocycles. The van der Waals surface area contributed by atoms with Crippen molar-refractivity contribution in [3.8, 4) is 0 Å². The second-order valence-corrected chi connectivity index (χ2v) is 7.08. The number of nitro benzene ring substituents is 1. The van der Waals surface area contributed by atoms with Gasteiger partial charge >= 0.3 is 0 Å². The van der Waals surface area contributed by atoms with Crippen LogP contribution in [0.25, 0.3) is 0 Å². The molecule has 0 radical (unpaired) electrons. The van der Waals surface area contributed by atoms with Crippen molar-refractivity contribution in [2.45, 2.75) is 13.1 Å². The SMILES string of the molecule is CNc1ccc(CN(C)Cc2csc(Br)c2)cc1[N+](=O)[O-]. The van der Waals surface area contributed by atoms with Crippen LogP contribution in [0.1, 0.15) is 11.1 Å². The number of nitrogens with one attached hydrogen (secondary N) is 1. The zero-order chi connectivity index (χ0) is 15.4. The average molecular weight is 370 g/mol. The van der Waals surface area contributed by atoms with E-state index in [9.17, 15) is 10.1 Å². The van der Waals surface area contributed by atoms with Crippen molar-refractivity contribution < 1.29 is 4.92 Å². The van der Waals surface area contributed by atoms with Crippen LogP contribution in [0.15, 0.2) is 33.4 Å². The second kappa shape index (κ2) is 7.02. The van der Waals surface area contributed by atoms with Crippen LogP contribution >= 0.6 is 27.3 Å². The molecule has 1 N–H and O–H groups in total. The minimum absolute atomic E-state index is 0.113. The fourth-order valence-electron chi connectivity index (χ4n) is 2.15. The van der Waals surface area contributed by atoms with Gasteiger partial charge in [-0.1, -0.05) is 6.07 Å². The zero-order valence-corrected chi connectivity index (χ0v) is 14.2. The van der Waals surface area contributed by atoms with Gasteiger partial charge in [-0.3, -0.25) is 15.0 Å². The van der Waals surface area contributed by atoms with E-state index in [0.717, 1.165) is 15.9 Å². The van der Waals surface area contributed by atoms with Gasteiger partial charge in [-0.25, -0.2) is 0 Å². The molecule has 21 heavy (non-hydrogen) atoms. The molecule has 0 bridgehead atoms. The Morgan fingerprint density at radius 1 is 1.33 bits per heavy atom. The summed E-state index contributed by atoms with van der Waals surface area (Å²) in [5.41, 5.74) is 2.81. The second-order valence-electron chi connectivity index (χ2n) is 4.79. The van der Waals surface area contributed by atoms with Crippen molar-refractivity contribution in [1.82, 2.24) is 4.90 Å². The standard InChI is InChI=1S/C14H16BrN3O2S/c1-16-12-4-3-10(5-13(12)18(19)20)7-17(2)8-11-6-14(15)21-9-11/h3-6,9,16H,7-8H2,1-2H3. The molecule has 0 atom stereocenters. The summed E-state index contributed by atoms with van der Waals surface area (Å²) in [7, 11) is 3.69. The van der Waals surface area contributed by atoms with Gasteiger partial charge in [0.1, 0.15) is 5.69 Å². The summed E-state index contributed by atoms with van der Waals surface area (Å²) >= 11 is 5.10. The Balaban J connectivity index is 2.08. The third-order valence-electron chi connectivity index (χ3n) is 3.05. The van der Waals surface area contributed by atoms with Gasteiger partial charge in [0, 0.05) is 26.2 Å². The summed E-state index contributed by atoms with van der Waals surface area (Å²) in [4.78, 5) is 12.8. The Morgan fingerprint density at radius 3 is 2.62 bits per heavy atom. The number of rotatable bonds is 6. The van der Waals surface area contributed by atoms with Crippen molar-refractivity contribution in [1.29, 1.82) is 0 Å². The molecular formula is C14H16BrN3O2S. The van der Waals surface area contributed by atoms with Gasteiger partial charge in [-0.2, -0.15) is 0 Å². The van der Waals surface area contributed by atoms with Crippen LogP contribution < -0.4 is 5.32 Å². The van der Waals surface area contributed by atoms with Crippen LogP contribution in [0.3, 0.4) is 0 Å². The quantitative estimate of drug-likeness (QED) is 0.615. The van der Waals surface area contributed by atoms with Gasteiger partial charge in [0.05, 0.1) is 8.71 Å². The van der Waals surface area contributed by atoms with Gasteiger partial charge in [0.2, 0.25) is 0 Å². The van der Waals surface area contributed by atoms with E-state index in [0.29, 0.717) is 12.2 Å². The molecule has 7 heteroatoms. The van der Waals surface area contributed by atoms with Gasteiger partial charge < -0.3 is 5.32 Å². The van der Waals surface area contributed by atoms with Gasteiger partial charge in [0.25, 0.3) is 5.69 Å². The number of halogens is 1. The summed E-state index contributed by atoms with van der Waals surface area (Å²) in [6.07, 6.45) is 0. The van der Waals surface area contributed by atoms with E-state index in [-0.39, 0.29) is 10.6 Å². The lowest BCUT2D eigenvalue weighted by molar-refractivity contribution is -0.384. The van der Waals surface area contributed by atoms with E-state index >= 15 is 0 Å². The van der Waals surface area contributed by atoms with Crippen molar-refractivity contribution in [2.24, 2.45) is 0 Å². The predicted molar refractivity (Wildman–Crippen MR) is 89.8 cm³/mol. The molecule has 2 rings (SSSR count). The van der Waals surface area contributed by atoms with Gasteiger partial charge in [-0.15, -0.1) is 11.3 Å². The third-order valence-corrected chi connectivity index (χ3v) is 4.61. The van der Waals surface area contributed by atoms with Crippen LogP contribution in [0.5, 0.6) is 0 Å². The molecule has 1 aromatic carbocycles. The molecule has 0 aliphatic rings. The fraction of sp³-hybridized carbons (Fsp3) is 0.286. The highest BCUT2D eigenvalue weighted by Gasteiger charge is 2.14. The molecule has 1 aromatic heterocycles. The van der Waals surface area contributed by atoms with E-state index in [1.807, 2.05) is 13.1 Å². The number of nitrogens with zero attached hydrogens (tertiary/aromatic N) is 2. The lowest BCUT2D eigenvalue weighted by atomic mass is 10.1. The number of hydrogen-bond acceptors (Lipinski definition) is 5. The van der Waals surface area contributed by atoms with E-state index in [4.69, 9.17) is 0 Å². The molecule has 0 spiro atoms. The normalized spacial score (nSPS) is 10.9. The lowest BCUT2D eigenvalue weighted by Crippen LogP contribution is -2.17. The fourth-order valence-corrected chi connectivity index (χ4v) is 3.35. The molecule has 0 saturated heterocycles. The average Bonchev–Trinajstić information content (AvgIpc) is 2.83. The Bertz CT molecular complexity index is 645. The molecule has 1 heterocycles. The highest BCUT2D eigenvalue weighted by Crippen LogP contribution is 2.26. The first-order valence-electron chi connectivity index (χ1n) is 6.36. The van der Waals surface area contributed by atoms with Crippen LogP contribution in [0.2, 0.25) is 0 Å². The summed E-state index contributed by atoms with van der Waals surface area (Å²) < 4.78 is 1.11. The third kappa shape index (κ3) is 4.26. The summed E-state index contributed by atoms with van der Waals surface area (Å²) in [5, 5.41) is 16.0. The summed E-state index contributed by atoms with van der Waals surface area (Å²) in [6.45, 7) is 1.47. The molecular weight excluding hydrogens is 354 g/mol. The predicted octanol–water partition coefficient (Wildman–Crippen LogP) is 4.09. The topological polar surface area (TPSA) is 58.4 Å². The Labute approximate surface area is 135 Å². The maximum absolute atomic E-state index is 11.1. The first-order chi connectivity index (χ1) is 9.99. The van der Waals surface area contributed by atoms with Crippen LogP contribution in [0.4, 0.5) is 11.4 Å². The largest absolute Gasteiger partial charge is 0.383 e. The highest BCUT2D eigenvalue weighted by molar-refractivity contribution is 9.11. The van der Waals surface area contributed by atoms with E-state index in [1.165, 1.54) is 5.56 Å². The van der Waals surface area contributed by atoms with Gasteiger partial charge in [0.15, 0.2) is 0 Å². The molecule has 0 saturated carbocycles. The Morgan fingerprint density at radius 2 is 2.05 bits per heavy atom. The zero-order valence-electron chi connectivity index (χ0n) is 11.8. The van der Waals surface area contributed by atoms with Crippen molar-refractivity contribution >= 4 is 38.6 Å². The van der Waals surface area contributed by atoms with E-state index in [1.54, 1.807) is 30.5 Å². The monoisotopic (exact) mass is 369 g/mol. The Hall–Kier alpha value is -1.44. The number of thiophene rings is 1. The lowest BCUT2D eigenvalue weighted by Gasteiger charge is -2.16. The first kappa shape index (κ1) is 15.9. The summed E-state index contributed by atoms with van der Waals surface area (Å²) in [6, 6.07) is 7.39. The minimum Gasteiger partial charge on any atom is -0.383 e. The van der Waals surface area contributed by atoms with Crippen molar-refractivity contribution in [2.75, 3.05) is 19.4 Å². The van der Waals surface area contributed by atoms with Crippen LogP contribution in [-0.2, 0) is 13.1 Å². The van der Waals surface area contributed by atoms with Crippen LogP contribution in [0, 0.1) is 10.1 Å². The van der Waals surface area contributed by atoms with Crippen molar-refractivity contribution in [3.63, 3.8) is 0 Å². The molecule has 0 unspecified atom stereocenters. The molecule has 0 fully saturated rings. The molecule has 0 aliphatic heterocycles. The van der Waals surface area contributed by atoms with E-state index < -0.39 is 0 Å². The molecule has 112 valence electrons. The molecule has 5 nitrogen and oxygen atoms in total. The minimum atomic E-state index is -0.356. The number of hydrogen-bond donors (Lipinski definition) is 1. The maximum atomic E-state index is 11.1.